The van der Waals surface area contributed by atoms with Crippen molar-refractivity contribution in [2.45, 2.75) is 6.92 Å². The van der Waals surface area contributed by atoms with Crippen molar-refractivity contribution in [3.8, 4) is 11.6 Å². The summed E-state index contributed by atoms with van der Waals surface area (Å²) in [5.41, 5.74) is 6.47. The molecule has 0 atom stereocenters. The zero-order valence-corrected chi connectivity index (χ0v) is 9.62. The summed E-state index contributed by atoms with van der Waals surface area (Å²) in [7, 11) is 0. The van der Waals surface area contributed by atoms with E-state index in [-0.39, 0.29) is 17.1 Å². The summed E-state index contributed by atoms with van der Waals surface area (Å²) < 4.78 is 5.39. The lowest BCUT2D eigenvalue weighted by atomic mass is 10.2. The van der Waals surface area contributed by atoms with Gasteiger partial charge in [-0.15, -0.1) is 0 Å². The van der Waals surface area contributed by atoms with Gasteiger partial charge in [0.2, 0.25) is 5.88 Å². The van der Waals surface area contributed by atoms with Gasteiger partial charge in [-0.3, -0.25) is 4.98 Å². The first-order chi connectivity index (χ1) is 8.58. The molecule has 18 heavy (non-hydrogen) atoms. The van der Waals surface area contributed by atoms with E-state index in [0.717, 1.165) is 5.69 Å². The number of carboxylic acid groups (broad SMARTS) is 1. The molecule has 2 heterocycles. The van der Waals surface area contributed by atoms with Crippen LogP contribution in [0, 0.1) is 6.92 Å². The summed E-state index contributed by atoms with van der Waals surface area (Å²) >= 11 is 0. The molecule has 0 amide bonds. The van der Waals surface area contributed by atoms with Crippen molar-refractivity contribution >= 4 is 11.7 Å². The molecule has 6 nitrogen and oxygen atoms in total. The van der Waals surface area contributed by atoms with Gasteiger partial charge in [0.1, 0.15) is 11.4 Å². The second kappa shape index (κ2) is 4.70. The van der Waals surface area contributed by atoms with Gasteiger partial charge < -0.3 is 15.6 Å². The Kier molecular flexibility index (Phi) is 3.09. The summed E-state index contributed by atoms with van der Waals surface area (Å²) in [6.07, 6.45) is 2.85. The van der Waals surface area contributed by atoms with E-state index in [9.17, 15) is 4.79 Å². The highest BCUT2D eigenvalue weighted by Gasteiger charge is 2.13. The molecule has 0 spiro atoms. The maximum absolute atomic E-state index is 10.9. The largest absolute Gasteiger partial charge is 0.478 e. The van der Waals surface area contributed by atoms with Gasteiger partial charge in [0.05, 0.1) is 11.8 Å². The smallest absolute Gasteiger partial charge is 0.338 e. The maximum atomic E-state index is 10.9. The number of aromatic nitrogens is 2. The molecule has 6 heteroatoms. The Morgan fingerprint density at radius 3 is 2.72 bits per heavy atom. The van der Waals surface area contributed by atoms with Crippen molar-refractivity contribution in [2.75, 3.05) is 5.73 Å². The number of anilines is 1. The lowest BCUT2D eigenvalue weighted by Gasteiger charge is -2.08. The van der Waals surface area contributed by atoms with Crippen LogP contribution >= 0.6 is 0 Å². The van der Waals surface area contributed by atoms with Gasteiger partial charge >= 0.3 is 5.97 Å². The Morgan fingerprint density at radius 2 is 2.11 bits per heavy atom. The van der Waals surface area contributed by atoms with Crippen LogP contribution < -0.4 is 10.5 Å². The maximum Gasteiger partial charge on any atom is 0.338 e. The number of aromatic carboxylic acids is 1. The summed E-state index contributed by atoms with van der Waals surface area (Å²) in [4.78, 5) is 18.8. The molecule has 0 aliphatic heterocycles. The van der Waals surface area contributed by atoms with Gasteiger partial charge in [-0.05, 0) is 25.1 Å². The van der Waals surface area contributed by atoms with Crippen molar-refractivity contribution in [3.63, 3.8) is 0 Å². The van der Waals surface area contributed by atoms with Crippen LogP contribution in [-0.4, -0.2) is 21.0 Å². The highest BCUT2D eigenvalue weighted by Crippen LogP contribution is 2.27. The van der Waals surface area contributed by atoms with Crippen LogP contribution in [0.5, 0.6) is 11.6 Å². The second-order valence-corrected chi connectivity index (χ2v) is 3.62. The standard InChI is InChI=1S/C12H11N3O3/c1-7-2-3-8(6-15-7)18-11-10(13)9(12(16)17)4-5-14-11/h2-6H,13H2,1H3,(H,16,17). The number of hydrogen-bond donors (Lipinski definition) is 2. The van der Waals surface area contributed by atoms with Gasteiger partial charge in [-0.25, -0.2) is 9.78 Å². The minimum atomic E-state index is -1.12. The molecule has 92 valence electrons. The van der Waals surface area contributed by atoms with E-state index >= 15 is 0 Å². The van der Waals surface area contributed by atoms with Crippen molar-refractivity contribution in [1.29, 1.82) is 0 Å². The Bertz CT molecular complexity index is 582. The third-order valence-electron chi connectivity index (χ3n) is 2.28. The van der Waals surface area contributed by atoms with E-state index < -0.39 is 5.97 Å². The quantitative estimate of drug-likeness (QED) is 0.856. The first kappa shape index (κ1) is 11.8. The number of ether oxygens (including phenoxy) is 1. The normalized spacial score (nSPS) is 10.1. The molecule has 0 radical (unpaired) electrons. The Labute approximate surface area is 103 Å². The summed E-state index contributed by atoms with van der Waals surface area (Å²) in [5.74, 6) is -0.621. The number of nitrogens with zero attached hydrogens (tertiary/aromatic N) is 2. The van der Waals surface area contributed by atoms with Gasteiger partial charge in [0, 0.05) is 11.9 Å². The minimum Gasteiger partial charge on any atom is -0.478 e. The number of carbonyl (C=O) groups is 1. The third kappa shape index (κ3) is 2.37. The number of aryl methyl sites for hydroxylation is 1. The molecule has 0 aromatic carbocycles. The molecule has 2 aromatic heterocycles. The molecule has 2 aromatic rings. The minimum absolute atomic E-state index is 0.00873. The van der Waals surface area contributed by atoms with Crippen molar-refractivity contribution in [3.05, 3.63) is 41.9 Å². The lowest BCUT2D eigenvalue weighted by Crippen LogP contribution is -2.05. The molecular weight excluding hydrogens is 234 g/mol. The number of pyridine rings is 2. The molecule has 0 saturated carbocycles. The topological polar surface area (TPSA) is 98.3 Å². The van der Waals surface area contributed by atoms with E-state index in [4.69, 9.17) is 15.6 Å². The van der Waals surface area contributed by atoms with Crippen LogP contribution in [0.4, 0.5) is 5.69 Å². The highest BCUT2D eigenvalue weighted by molar-refractivity contribution is 5.94. The van der Waals surface area contributed by atoms with Crippen LogP contribution in [0.25, 0.3) is 0 Å². The van der Waals surface area contributed by atoms with E-state index in [1.54, 1.807) is 12.1 Å². The summed E-state index contributed by atoms with van der Waals surface area (Å²) in [6.45, 7) is 1.85. The van der Waals surface area contributed by atoms with Gasteiger partial charge in [-0.1, -0.05) is 0 Å². The van der Waals surface area contributed by atoms with Crippen LogP contribution in [0.15, 0.2) is 30.6 Å². The van der Waals surface area contributed by atoms with Crippen LogP contribution in [-0.2, 0) is 0 Å². The highest BCUT2D eigenvalue weighted by atomic mass is 16.5. The molecule has 0 fully saturated rings. The predicted molar refractivity (Wildman–Crippen MR) is 64.7 cm³/mol. The third-order valence-corrected chi connectivity index (χ3v) is 2.28. The first-order valence-electron chi connectivity index (χ1n) is 5.16. The number of nitrogens with two attached hydrogens (primary N) is 1. The van der Waals surface area contributed by atoms with E-state index in [1.165, 1.54) is 18.5 Å². The average Bonchev–Trinajstić information content (AvgIpc) is 2.34. The Balaban J connectivity index is 2.32. The lowest BCUT2D eigenvalue weighted by molar-refractivity contribution is 0.0697. The molecule has 3 N–H and O–H groups in total. The van der Waals surface area contributed by atoms with Gasteiger partial charge in [-0.2, -0.15) is 0 Å². The predicted octanol–water partition coefficient (Wildman–Crippen LogP) is 1.86. The molecular formula is C12H11N3O3. The first-order valence-corrected chi connectivity index (χ1v) is 5.16. The van der Waals surface area contributed by atoms with Crippen molar-refractivity contribution < 1.29 is 14.6 Å². The average molecular weight is 245 g/mol. The fourth-order valence-electron chi connectivity index (χ4n) is 1.35. The fraction of sp³-hybridized carbons (Fsp3) is 0.0833. The monoisotopic (exact) mass is 245 g/mol. The van der Waals surface area contributed by atoms with Crippen LogP contribution in [0.2, 0.25) is 0 Å². The fourth-order valence-corrected chi connectivity index (χ4v) is 1.35. The van der Waals surface area contributed by atoms with Crippen LogP contribution in [0.3, 0.4) is 0 Å². The van der Waals surface area contributed by atoms with E-state index in [2.05, 4.69) is 9.97 Å². The van der Waals surface area contributed by atoms with Gasteiger partial charge in [0.15, 0.2) is 0 Å². The zero-order valence-electron chi connectivity index (χ0n) is 9.62. The second-order valence-electron chi connectivity index (χ2n) is 3.62. The molecule has 0 aliphatic rings. The van der Waals surface area contributed by atoms with Gasteiger partial charge in [0.25, 0.3) is 0 Å². The number of rotatable bonds is 3. The van der Waals surface area contributed by atoms with E-state index in [0.29, 0.717) is 5.75 Å². The molecule has 0 unspecified atom stereocenters. The Hall–Kier alpha value is -2.63. The molecule has 2 rings (SSSR count). The SMILES string of the molecule is Cc1ccc(Oc2nccc(C(=O)O)c2N)cn1. The Morgan fingerprint density at radius 1 is 1.33 bits per heavy atom. The molecule has 0 aliphatic carbocycles. The number of hydrogen-bond acceptors (Lipinski definition) is 5. The number of nitrogen functional groups attached to an aromatic ring is 1. The zero-order chi connectivity index (χ0) is 13.1. The van der Waals surface area contributed by atoms with Crippen molar-refractivity contribution in [1.82, 2.24) is 9.97 Å². The van der Waals surface area contributed by atoms with E-state index in [1.807, 2.05) is 6.92 Å². The van der Waals surface area contributed by atoms with Crippen LogP contribution in [0.1, 0.15) is 16.1 Å². The molecule has 0 bridgehead atoms. The molecule has 0 saturated heterocycles. The number of carboxylic acids is 1. The van der Waals surface area contributed by atoms with Crippen molar-refractivity contribution in [2.24, 2.45) is 0 Å². The summed E-state index contributed by atoms with van der Waals surface area (Å²) in [6, 6.07) is 4.79. The summed E-state index contributed by atoms with van der Waals surface area (Å²) in [5, 5.41) is 8.92.